The number of ether oxygens (including phenoxy) is 3. The van der Waals surface area contributed by atoms with E-state index in [-0.39, 0.29) is 50.5 Å². The van der Waals surface area contributed by atoms with Gasteiger partial charge in [-0.2, -0.15) is 10.2 Å². The Morgan fingerprint density at radius 2 is 1.72 bits per heavy atom. The van der Waals surface area contributed by atoms with Crippen molar-refractivity contribution in [3.63, 3.8) is 0 Å². The van der Waals surface area contributed by atoms with Crippen LogP contribution in [0.3, 0.4) is 0 Å². The van der Waals surface area contributed by atoms with Crippen molar-refractivity contribution in [3.05, 3.63) is 127 Å². The number of benzene rings is 4. The van der Waals surface area contributed by atoms with Crippen LogP contribution in [-0.4, -0.2) is 115 Å². The molecule has 16 nitrogen and oxygen atoms in total. The van der Waals surface area contributed by atoms with Gasteiger partial charge in [-0.3, -0.25) is 9.48 Å². The number of amides is 2. The predicted octanol–water partition coefficient (Wildman–Crippen LogP) is 5.90. The van der Waals surface area contributed by atoms with Gasteiger partial charge < -0.3 is 34.6 Å². The third kappa shape index (κ3) is 8.89. The van der Waals surface area contributed by atoms with Crippen LogP contribution in [0.4, 0.5) is 19.4 Å². The number of piperazine rings is 1. The summed E-state index contributed by atoms with van der Waals surface area (Å²) in [5.41, 5.74) is 9.47. The number of hydrogen-bond acceptors (Lipinski definition) is 12. The van der Waals surface area contributed by atoms with Crippen LogP contribution in [0.1, 0.15) is 24.8 Å². The number of nitrogens with two attached hydrogens (primary N) is 1. The Kier molecular flexibility index (Phi) is 12.3. The maximum atomic E-state index is 15.1. The molecule has 2 aliphatic heterocycles. The maximum Gasteiger partial charge on any atom is 0.410 e. The average molecular weight is 885 g/mol. The molecule has 7 aromatic rings. The quantitative estimate of drug-likeness (QED) is 0.107. The van der Waals surface area contributed by atoms with E-state index in [0.717, 1.165) is 59.1 Å². The molecule has 2 amide bonds. The van der Waals surface area contributed by atoms with E-state index in [2.05, 4.69) is 15.1 Å². The number of aryl methyl sites for hydroxylation is 1. The molecule has 2 aliphatic rings. The molecule has 3 aromatic heterocycles. The first kappa shape index (κ1) is 42.8. The molecular formula is C47H46F2N10O6. The molecule has 0 bridgehead atoms. The summed E-state index contributed by atoms with van der Waals surface area (Å²) in [5, 5.41) is 10.6. The average Bonchev–Trinajstić information content (AvgIpc) is 4.08. The van der Waals surface area contributed by atoms with E-state index in [1.165, 1.54) is 40.2 Å². The SMILES string of the molecule is COC(=O)[C@@H]1CN(C(=O)OCc2ccccc2)CCN1C(=O)[C@@H]1C[C@H](Oc2cccc(-c3cccc4nn(CCCCN)cc34)c2)CN1c1ncnc2c1cnn2-c1ccc(F)cc1F. The number of anilines is 1. The van der Waals surface area contributed by atoms with Gasteiger partial charge in [0.05, 0.1) is 37.3 Å². The van der Waals surface area contributed by atoms with Crippen molar-refractivity contribution < 1.29 is 37.4 Å². The number of rotatable bonds is 13. The van der Waals surface area contributed by atoms with Gasteiger partial charge in [0.2, 0.25) is 5.91 Å². The molecule has 65 heavy (non-hydrogen) atoms. The Labute approximate surface area is 372 Å². The summed E-state index contributed by atoms with van der Waals surface area (Å²) in [6, 6.07) is 24.0. The van der Waals surface area contributed by atoms with E-state index >= 15 is 9.18 Å². The summed E-state index contributed by atoms with van der Waals surface area (Å²) in [6.07, 6.45) is 5.60. The summed E-state index contributed by atoms with van der Waals surface area (Å²) < 4.78 is 49.6. The Bertz CT molecular complexity index is 2860. The van der Waals surface area contributed by atoms with Crippen molar-refractivity contribution in [2.75, 3.05) is 44.7 Å². The highest BCUT2D eigenvalue weighted by Crippen LogP contribution is 2.36. The van der Waals surface area contributed by atoms with Crippen molar-refractivity contribution in [1.29, 1.82) is 0 Å². The van der Waals surface area contributed by atoms with Crippen LogP contribution < -0.4 is 15.4 Å². The van der Waals surface area contributed by atoms with E-state index in [9.17, 15) is 14.0 Å². The molecule has 0 spiro atoms. The van der Waals surface area contributed by atoms with Crippen LogP contribution in [0.2, 0.25) is 0 Å². The monoisotopic (exact) mass is 884 g/mol. The molecule has 18 heteroatoms. The van der Waals surface area contributed by atoms with Crippen LogP contribution in [0.5, 0.6) is 5.75 Å². The second-order valence-electron chi connectivity index (χ2n) is 15.9. The van der Waals surface area contributed by atoms with Gasteiger partial charge in [0, 0.05) is 43.7 Å². The highest BCUT2D eigenvalue weighted by molar-refractivity contribution is 5.96. The number of carbonyl (C=O) groups excluding carboxylic acids is 3. The zero-order valence-electron chi connectivity index (χ0n) is 35.5. The van der Waals surface area contributed by atoms with Gasteiger partial charge in [0.25, 0.3) is 0 Å². The van der Waals surface area contributed by atoms with Crippen molar-refractivity contribution in [1.82, 2.24) is 39.3 Å². The fourth-order valence-corrected chi connectivity index (χ4v) is 8.60. The van der Waals surface area contributed by atoms with Gasteiger partial charge in [-0.05, 0) is 66.4 Å². The fraction of sp³-hybridized carbons (Fsp3) is 0.298. The Hall–Kier alpha value is -7.47. The molecule has 2 N–H and O–H groups in total. The van der Waals surface area contributed by atoms with E-state index in [0.29, 0.717) is 23.5 Å². The largest absolute Gasteiger partial charge is 0.488 e. The summed E-state index contributed by atoms with van der Waals surface area (Å²) >= 11 is 0. The number of unbranched alkanes of at least 4 members (excludes halogenated alkanes) is 1. The number of esters is 1. The third-order valence-electron chi connectivity index (χ3n) is 11.8. The van der Waals surface area contributed by atoms with Crippen LogP contribution in [0, 0.1) is 11.6 Å². The van der Waals surface area contributed by atoms with Crippen molar-refractivity contribution in [2.45, 2.75) is 50.6 Å². The normalized spacial score (nSPS) is 17.5. The molecular weight excluding hydrogens is 839 g/mol. The minimum Gasteiger partial charge on any atom is -0.488 e. The maximum absolute atomic E-state index is 15.1. The van der Waals surface area contributed by atoms with E-state index < -0.39 is 47.8 Å². The van der Waals surface area contributed by atoms with Crippen LogP contribution in [0.15, 0.2) is 110 Å². The first-order valence-electron chi connectivity index (χ1n) is 21.4. The van der Waals surface area contributed by atoms with Crippen LogP contribution in [0.25, 0.3) is 38.8 Å². The molecule has 0 aliphatic carbocycles. The van der Waals surface area contributed by atoms with Crippen LogP contribution in [-0.2, 0) is 32.2 Å². The minimum absolute atomic E-state index is 0.00700. The van der Waals surface area contributed by atoms with Crippen molar-refractivity contribution >= 4 is 45.7 Å². The molecule has 3 atom stereocenters. The summed E-state index contributed by atoms with van der Waals surface area (Å²) in [4.78, 5) is 55.3. The number of carbonyl (C=O) groups is 3. The number of nitrogens with zero attached hydrogens (tertiary/aromatic N) is 9. The number of fused-ring (bicyclic) bond motifs is 2. The fourth-order valence-electron chi connectivity index (χ4n) is 8.60. The molecule has 2 saturated heterocycles. The van der Waals surface area contributed by atoms with Gasteiger partial charge in [-0.15, -0.1) is 0 Å². The van der Waals surface area contributed by atoms with E-state index in [1.54, 1.807) is 4.90 Å². The second kappa shape index (κ2) is 18.7. The lowest BCUT2D eigenvalue weighted by Crippen LogP contribution is -2.62. The lowest BCUT2D eigenvalue weighted by atomic mass is 10.0. The molecule has 5 heterocycles. The third-order valence-corrected chi connectivity index (χ3v) is 11.8. The van der Waals surface area contributed by atoms with Gasteiger partial charge >= 0.3 is 12.1 Å². The molecule has 4 aromatic carbocycles. The standard InChI is InChI=1S/C47H46F2N10O6/c1-63-46(61)42-27-55(47(62)64-28-30-9-3-2-4-10-30)19-20-57(42)45(60)41-23-34(25-58(41)43-36-24-53-59(44(36)52-29-51-43)40-16-15-32(48)22-38(40)49)65-33-12-7-11-31(21-33)35-13-8-14-39-37(35)26-56(54-39)18-6-5-17-50/h2-4,7-16,21-22,24,26,29,34,41-42H,5-6,17-20,23,25,27-28,50H2,1H3/t34-,41-,42-/m0/s1. The highest BCUT2D eigenvalue weighted by atomic mass is 19.1. The zero-order valence-corrected chi connectivity index (χ0v) is 35.5. The molecule has 0 saturated carbocycles. The molecule has 0 radical (unpaired) electrons. The van der Waals surface area contributed by atoms with Crippen LogP contribution >= 0.6 is 0 Å². The smallest absolute Gasteiger partial charge is 0.410 e. The molecule has 9 rings (SSSR count). The lowest BCUT2D eigenvalue weighted by Gasteiger charge is -2.41. The predicted molar refractivity (Wildman–Crippen MR) is 236 cm³/mol. The summed E-state index contributed by atoms with van der Waals surface area (Å²) in [7, 11) is 1.23. The van der Waals surface area contributed by atoms with E-state index in [1.807, 2.05) is 83.7 Å². The molecule has 2 fully saturated rings. The lowest BCUT2D eigenvalue weighted by molar-refractivity contribution is -0.156. The zero-order chi connectivity index (χ0) is 45.0. The van der Waals surface area contributed by atoms with Crippen molar-refractivity contribution in [2.24, 2.45) is 5.73 Å². The Morgan fingerprint density at radius 1 is 0.877 bits per heavy atom. The number of halogens is 2. The summed E-state index contributed by atoms with van der Waals surface area (Å²) in [5.74, 6) is -1.83. The van der Waals surface area contributed by atoms with Gasteiger partial charge in [0.15, 0.2) is 11.5 Å². The second-order valence-corrected chi connectivity index (χ2v) is 15.9. The number of aromatic nitrogens is 6. The Balaban J connectivity index is 1.01. The molecule has 334 valence electrons. The molecule has 0 unspecified atom stereocenters. The number of hydrogen-bond donors (Lipinski definition) is 1. The van der Waals surface area contributed by atoms with Gasteiger partial charge in [-0.25, -0.2) is 33.0 Å². The van der Waals surface area contributed by atoms with Gasteiger partial charge in [-0.1, -0.05) is 54.6 Å². The van der Waals surface area contributed by atoms with Gasteiger partial charge in [0.1, 0.15) is 54.2 Å². The Morgan fingerprint density at radius 3 is 2.54 bits per heavy atom. The number of methoxy groups -OCH3 is 1. The van der Waals surface area contributed by atoms with E-state index in [4.69, 9.17) is 25.0 Å². The summed E-state index contributed by atoms with van der Waals surface area (Å²) in [6.45, 7) is 1.54. The first-order chi connectivity index (χ1) is 31.7. The first-order valence-corrected chi connectivity index (χ1v) is 21.4. The minimum atomic E-state index is -1.15. The van der Waals surface area contributed by atoms with Crippen molar-refractivity contribution in [3.8, 4) is 22.6 Å². The highest BCUT2D eigenvalue weighted by Gasteiger charge is 2.46. The topological polar surface area (TPSA) is 176 Å².